The number of aryl methyl sites for hydroxylation is 1. The monoisotopic (exact) mass is 182 g/mol. The molecule has 0 atom stereocenters. The molecule has 1 aromatic carbocycles. The molecular formula is C10H11FO2. The lowest BCUT2D eigenvalue weighted by molar-refractivity contribution is -0.136. The second-order valence-electron chi connectivity index (χ2n) is 2.98. The highest BCUT2D eigenvalue weighted by Crippen LogP contribution is 2.13. The summed E-state index contributed by atoms with van der Waals surface area (Å²) in [5.74, 6) is -0.930. The molecule has 0 aliphatic rings. The molecule has 0 aliphatic heterocycles. The third-order valence-corrected chi connectivity index (χ3v) is 1.85. The predicted molar refractivity (Wildman–Crippen MR) is 47.3 cm³/mol. The Morgan fingerprint density at radius 1 is 1.46 bits per heavy atom. The fourth-order valence-electron chi connectivity index (χ4n) is 1.21. The Labute approximate surface area is 76.0 Å². The van der Waals surface area contributed by atoms with Crippen molar-refractivity contribution in [3.05, 3.63) is 34.9 Å². The van der Waals surface area contributed by atoms with Crippen LogP contribution in [-0.2, 0) is 17.9 Å². The lowest BCUT2D eigenvalue weighted by atomic mass is 10.0. The molecule has 0 saturated carbocycles. The van der Waals surface area contributed by atoms with Gasteiger partial charge >= 0.3 is 5.97 Å². The van der Waals surface area contributed by atoms with Gasteiger partial charge < -0.3 is 5.11 Å². The number of hydrogen-bond acceptors (Lipinski definition) is 1. The van der Waals surface area contributed by atoms with Crippen molar-refractivity contribution in [3.63, 3.8) is 0 Å². The van der Waals surface area contributed by atoms with E-state index in [4.69, 9.17) is 5.11 Å². The third-order valence-electron chi connectivity index (χ3n) is 1.85. The summed E-state index contributed by atoms with van der Waals surface area (Å²) in [7, 11) is 0. The molecule has 1 rings (SSSR count). The number of benzene rings is 1. The Kier molecular flexibility index (Phi) is 3.01. The molecule has 0 bridgehead atoms. The van der Waals surface area contributed by atoms with Crippen LogP contribution in [0, 0.1) is 6.92 Å². The molecule has 3 heteroatoms. The van der Waals surface area contributed by atoms with Crippen LogP contribution in [0.15, 0.2) is 18.2 Å². The van der Waals surface area contributed by atoms with Crippen molar-refractivity contribution in [2.45, 2.75) is 20.0 Å². The Morgan fingerprint density at radius 3 is 2.69 bits per heavy atom. The standard InChI is InChI=1S/C10H11FO2/c1-7-2-3-8(6-11)9(4-7)5-10(12)13/h2-4H,5-6H2,1H3,(H,12,13). The van der Waals surface area contributed by atoms with Crippen LogP contribution >= 0.6 is 0 Å². The topological polar surface area (TPSA) is 37.3 Å². The molecule has 0 amide bonds. The zero-order valence-electron chi connectivity index (χ0n) is 7.38. The maximum Gasteiger partial charge on any atom is 0.307 e. The van der Waals surface area contributed by atoms with Crippen LogP contribution in [0.1, 0.15) is 16.7 Å². The van der Waals surface area contributed by atoms with Gasteiger partial charge in [-0.2, -0.15) is 0 Å². The smallest absolute Gasteiger partial charge is 0.307 e. The summed E-state index contributed by atoms with van der Waals surface area (Å²) in [6.45, 7) is 1.25. The number of hydrogen-bond donors (Lipinski definition) is 1. The van der Waals surface area contributed by atoms with Crippen molar-refractivity contribution in [3.8, 4) is 0 Å². The molecule has 0 unspecified atom stereocenters. The number of carboxylic acids is 1. The average Bonchev–Trinajstić information content (AvgIpc) is 2.03. The first-order valence-corrected chi connectivity index (χ1v) is 3.99. The molecular weight excluding hydrogens is 171 g/mol. The van der Waals surface area contributed by atoms with E-state index in [0.717, 1.165) is 5.56 Å². The van der Waals surface area contributed by atoms with Crippen LogP contribution in [0.3, 0.4) is 0 Å². The maximum absolute atomic E-state index is 12.4. The average molecular weight is 182 g/mol. The first-order chi connectivity index (χ1) is 6.13. The van der Waals surface area contributed by atoms with Crippen molar-refractivity contribution in [1.29, 1.82) is 0 Å². The molecule has 1 aromatic rings. The van der Waals surface area contributed by atoms with Gasteiger partial charge in [-0.15, -0.1) is 0 Å². The summed E-state index contributed by atoms with van der Waals surface area (Å²) in [5.41, 5.74) is 1.98. The van der Waals surface area contributed by atoms with Gasteiger partial charge in [0.25, 0.3) is 0 Å². The highest BCUT2D eigenvalue weighted by molar-refractivity contribution is 5.70. The molecule has 0 saturated heterocycles. The molecule has 0 aliphatic carbocycles. The number of alkyl halides is 1. The molecule has 0 heterocycles. The summed E-state index contributed by atoms with van der Waals surface area (Å²) in [6.07, 6.45) is -0.110. The van der Waals surface area contributed by atoms with Gasteiger partial charge in [0, 0.05) is 0 Å². The Morgan fingerprint density at radius 2 is 2.15 bits per heavy atom. The van der Waals surface area contributed by atoms with Gasteiger partial charge in [-0.1, -0.05) is 23.8 Å². The van der Waals surface area contributed by atoms with E-state index in [-0.39, 0.29) is 6.42 Å². The fraction of sp³-hybridized carbons (Fsp3) is 0.300. The molecule has 70 valence electrons. The van der Waals surface area contributed by atoms with Crippen molar-refractivity contribution in [2.75, 3.05) is 0 Å². The van der Waals surface area contributed by atoms with E-state index < -0.39 is 12.6 Å². The minimum atomic E-state index is -0.930. The van der Waals surface area contributed by atoms with Crippen LogP contribution in [0.25, 0.3) is 0 Å². The Balaban J connectivity index is 3.01. The van der Waals surface area contributed by atoms with Crippen molar-refractivity contribution in [2.24, 2.45) is 0 Å². The second-order valence-corrected chi connectivity index (χ2v) is 2.98. The van der Waals surface area contributed by atoms with Crippen LogP contribution in [-0.4, -0.2) is 11.1 Å². The van der Waals surface area contributed by atoms with Gasteiger partial charge in [-0.05, 0) is 18.1 Å². The van der Waals surface area contributed by atoms with Crippen molar-refractivity contribution in [1.82, 2.24) is 0 Å². The number of carbonyl (C=O) groups is 1. The number of rotatable bonds is 3. The number of halogens is 1. The van der Waals surface area contributed by atoms with Gasteiger partial charge in [0.2, 0.25) is 0 Å². The lowest BCUT2D eigenvalue weighted by Crippen LogP contribution is -2.03. The van der Waals surface area contributed by atoms with Gasteiger partial charge in [-0.3, -0.25) is 4.79 Å². The maximum atomic E-state index is 12.4. The SMILES string of the molecule is Cc1ccc(CF)c(CC(=O)O)c1. The number of aliphatic carboxylic acids is 1. The molecule has 1 N–H and O–H groups in total. The van der Waals surface area contributed by atoms with Gasteiger partial charge in [0.1, 0.15) is 6.67 Å². The highest BCUT2D eigenvalue weighted by atomic mass is 19.1. The third kappa shape index (κ3) is 2.54. The van der Waals surface area contributed by atoms with Crippen LogP contribution < -0.4 is 0 Å². The molecule has 0 radical (unpaired) electrons. The summed E-state index contributed by atoms with van der Waals surface area (Å²) in [6, 6.07) is 5.12. The van der Waals surface area contributed by atoms with E-state index in [1.807, 2.05) is 6.92 Å². The van der Waals surface area contributed by atoms with Gasteiger partial charge in [0.05, 0.1) is 6.42 Å². The quantitative estimate of drug-likeness (QED) is 0.777. The first-order valence-electron chi connectivity index (χ1n) is 3.99. The molecule has 0 fully saturated rings. The van der Waals surface area contributed by atoms with E-state index >= 15 is 0 Å². The summed E-state index contributed by atoms with van der Waals surface area (Å²) < 4.78 is 12.4. The minimum absolute atomic E-state index is 0.110. The molecule has 13 heavy (non-hydrogen) atoms. The summed E-state index contributed by atoms with van der Waals surface area (Å²) in [4.78, 5) is 10.4. The van der Waals surface area contributed by atoms with E-state index in [1.54, 1.807) is 18.2 Å². The van der Waals surface area contributed by atoms with Crippen molar-refractivity contribution >= 4 is 5.97 Å². The van der Waals surface area contributed by atoms with Gasteiger partial charge in [-0.25, -0.2) is 4.39 Å². The molecule has 2 nitrogen and oxygen atoms in total. The van der Waals surface area contributed by atoms with E-state index in [2.05, 4.69) is 0 Å². The predicted octanol–water partition coefficient (Wildman–Crippen LogP) is 2.09. The zero-order valence-corrected chi connectivity index (χ0v) is 7.38. The Bertz CT molecular complexity index is 321. The van der Waals surface area contributed by atoms with Gasteiger partial charge in [0.15, 0.2) is 0 Å². The fourth-order valence-corrected chi connectivity index (χ4v) is 1.21. The highest BCUT2D eigenvalue weighted by Gasteiger charge is 2.06. The molecule has 0 spiro atoms. The van der Waals surface area contributed by atoms with Crippen LogP contribution in [0.4, 0.5) is 4.39 Å². The molecule has 0 aromatic heterocycles. The normalized spacial score (nSPS) is 10.0. The van der Waals surface area contributed by atoms with Crippen LogP contribution in [0.2, 0.25) is 0 Å². The second kappa shape index (κ2) is 4.03. The van der Waals surface area contributed by atoms with Crippen molar-refractivity contribution < 1.29 is 14.3 Å². The van der Waals surface area contributed by atoms with E-state index in [9.17, 15) is 9.18 Å². The van der Waals surface area contributed by atoms with E-state index in [1.165, 1.54) is 0 Å². The first kappa shape index (κ1) is 9.71. The largest absolute Gasteiger partial charge is 0.481 e. The summed E-state index contributed by atoms with van der Waals surface area (Å²) >= 11 is 0. The summed E-state index contributed by atoms with van der Waals surface area (Å²) in [5, 5.41) is 8.56. The number of carboxylic acid groups (broad SMARTS) is 1. The Hall–Kier alpha value is -1.38. The van der Waals surface area contributed by atoms with Crippen LogP contribution in [0.5, 0.6) is 0 Å². The lowest BCUT2D eigenvalue weighted by Gasteiger charge is -2.04. The van der Waals surface area contributed by atoms with E-state index in [0.29, 0.717) is 11.1 Å². The zero-order chi connectivity index (χ0) is 9.84. The minimum Gasteiger partial charge on any atom is -0.481 e.